The molecule has 1 aliphatic carbocycles. The smallest absolute Gasteiger partial charge is 0.210 e. The van der Waals surface area contributed by atoms with Crippen molar-refractivity contribution in [3.63, 3.8) is 0 Å². The quantitative estimate of drug-likeness (QED) is 0.626. The van der Waals surface area contributed by atoms with Crippen LogP contribution < -0.4 is 4.90 Å². The summed E-state index contributed by atoms with van der Waals surface area (Å²) in [6.45, 7) is 0. The van der Waals surface area contributed by atoms with Gasteiger partial charge in [0.15, 0.2) is 11.6 Å². The summed E-state index contributed by atoms with van der Waals surface area (Å²) in [4.78, 5) is 1.76. The van der Waals surface area contributed by atoms with E-state index in [0.29, 0.717) is 5.69 Å². The average molecular weight is 357 g/mol. The fraction of sp³-hybridized carbons (Fsp3) is 0.600. The van der Waals surface area contributed by atoms with Gasteiger partial charge in [-0.3, -0.25) is 0 Å². The largest absolute Gasteiger partial charge is 0.367 e. The molecular weight excluding hydrogens is 339 g/mol. The molecule has 0 bridgehead atoms. The summed E-state index contributed by atoms with van der Waals surface area (Å²) in [5.41, 5.74) is 0.510. The Morgan fingerprint density at radius 3 is 2.24 bits per heavy atom. The van der Waals surface area contributed by atoms with Crippen LogP contribution in [0.3, 0.4) is 0 Å². The molecule has 0 N–H and O–H groups in total. The number of hydrogen-bond donors (Lipinski definition) is 0. The minimum atomic E-state index is -1.48. The van der Waals surface area contributed by atoms with E-state index in [-0.39, 0.29) is 12.0 Å². The number of anilines is 1. The summed E-state index contributed by atoms with van der Waals surface area (Å²) in [6.07, 6.45) is 5.36. The van der Waals surface area contributed by atoms with Crippen molar-refractivity contribution in [2.75, 3.05) is 11.9 Å². The molecule has 1 atom stereocenters. The molecule has 6 heteroatoms. The van der Waals surface area contributed by atoms with Gasteiger partial charge in [0, 0.05) is 18.8 Å². The zero-order chi connectivity index (χ0) is 15.6. The lowest BCUT2D eigenvalue weighted by Gasteiger charge is -2.41. The highest BCUT2D eigenvalue weighted by molar-refractivity contribution is 6.68. The van der Waals surface area contributed by atoms with E-state index in [9.17, 15) is 8.78 Å². The van der Waals surface area contributed by atoms with Crippen LogP contribution in [0.5, 0.6) is 0 Å². The van der Waals surface area contributed by atoms with Crippen molar-refractivity contribution in [2.24, 2.45) is 5.92 Å². The van der Waals surface area contributed by atoms with Crippen LogP contribution in [0.2, 0.25) is 0 Å². The van der Waals surface area contributed by atoms with Crippen molar-refractivity contribution in [1.82, 2.24) is 0 Å². The lowest BCUT2D eigenvalue weighted by molar-refractivity contribution is 0.299. The van der Waals surface area contributed by atoms with E-state index in [0.717, 1.165) is 37.8 Å². The molecule has 1 unspecified atom stereocenters. The van der Waals surface area contributed by atoms with Crippen LogP contribution in [-0.2, 0) is 0 Å². The summed E-state index contributed by atoms with van der Waals surface area (Å²) in [5, 5.41) is 0. The van der Waals surface area contributed by atoms with E-state index in [2.05, 4.69) is 0 Å². The Labute approximate surface area is 139 Å². The van der Waals surface area contributed by atoms with Crippen LogP contribution in [0.4, 0.5) is 14.5 Å². The van der Waals surface area contributed by atoms with Crippen molar-refractivity contribution < 1.29 is 8.78 Å². The maximum absolute atomic E-state index is 13.4. The maximum Gasteiger partial charge on any atom is 0.210 e. The first-order valence-corrected chi connectivity index (χ1v) is 8.18. The van der Waals surface area contributed by atoms with Crippen molar-refractivity contribution >= 4 is 40.5 Å². The van der Waals surface area contributed by atoms with E-state index >= 15 is 0 Å². The van der Waals surface area contributed by atoms with Gasteiger partial charge in [0.05, 0.1) is 6.04 Å². The zero-order valence-electron chi connectivity index (χ0n) is 11.8. The van der Waals surface area contributed by atoms with Crippen molar-refractivity contribution in [3.05, 3.63) is 29.8 Å². The molecule has 0 saturated heterocycles. The minimum Gasteiger partial charge on any atom is -0.367 e. The molecular formula is C15H18Cl3F2N. The van der Waals surface area contributed by atoms with E-state index in [1.165, 1.54) is 12.5 Å². The molecule has 0 aromatic heterocycles. The number of nitrogens with zero attached hydrogens (tertiary/aromatic N) is 1. The number of hydrogen-bond acceptors (Lipinski definition) is 1. The van der Waals surface area contributed by atoms with Gasteiger partial charge in [-0.25, -0.2) is 8.78 Å². The second kappa shape index (κ2) is 6.89. The van der Waals surface area contributed by atoms with Crippen LogP contribution >= 0.6 is 34.8 Å². The van der Waals surface area contributed by atoms with Crippen LogP contribution in [-0.4, -0.2) is 16.9 Å². The van der Waals surface area contributed by atoms with Gasteiger partial charge in [-0.1, -0.05) is 54.1 Å². The lowest BCUT2D eigenvalue weighted by Crippen LogP contribution is -2.48. The van der Waals surface area contributed by atoms with E-state index in [4.69, 9.17) is 34.8 Å². The second-order valence-corrected chi connectivity index (χ2v) is 7.96. The maximum atomic E-state index is 13.4. The molecule has 0 heterocycles. The Morgan fingerprint density at radius 1 is 1.10 bits per heavy atom. The Balaban J connectivity index is 2.28. The molecule has 118 valence electrons. The van der Waals surface area contributed by atoms with Crippen molar-refractivity contribution in [3.8, 4) is 0 Å². The summed E-state index contributed by atoms with van der Waals surface area (Å²) in [7, 11) is 1.76. The first kappa shape index (κ1) is 17.1. The molecule has 0 amide bonds. The first-order valence-electron chi connectivity index (χ1n) is 7.05. The standard InChI is InChI=1S/C15H18Cl3F2N/c1-21(11-7-8-12(19)13(20)9-11)14(15(16,17)18)10-5-3-2-4-6-10/h7-10,14H,2-6H2,1H3. The Morgan fingerprint density at radius 2 is 1.71 bits per heavy atom. The van der Waals surface area contributed by atoms with Gasteiger partial charge in [0.25, 0.3) is 0 Å². The van der Waals surface area contributed by atoms with Gasteiger partial charge in [-0.05, 0) is 30.9 Å². The Hall–Kier alpha value is -0.250. The molecule has 1 fully saturated rings. The third-order valence-electron chi connectivity index (χ3n) is 4.16. The first-order chi connectivity index (χ1) is 9.80. The Kier molecular flexibility index (Phi) is 5.61. The highest BCUT2D eigenvalue weighted by atomic mass is 35.6. The van der Waals surface area contributed by atoms with Crippen LogP contribution in [0.25, 0.3) is 0 Å². The highest BCUT2D eigenvalue weighted by Crippen LogP contribution is 2.43. The third kappa shape index (κ3) is 4.14. The molecule has 1 aliphatic rings. The van der Waals surface area contributed by atoms with Crippen LogP contribution in [0, 0.1) is 17.6 Å². The van der Waals surface area contributed by atoms with Gasteiger partial charge in [-0.2, -0.15) is 0 Å². The Bertz CT molecular complexity index is 484. The summed E-state index contributed by atoms with van der Waals surface area (Å²) in [6, 6.07) is 3.37. The molecule has 0 aliphatic heterocycles. The van der Waals surface area contributed by atoms with Gasteiger partial charge >= 0.3 is 0 Å². The molecule has 0 spiro atoms. The van der Waals surface area contributed by atoms with Crippen molar-refractivity contribution in [2.45, 2.75) is 41.9 Å². The van der Waals surface area contributed by atoms with Crippen LogP contribution in [0.15, 0.2) is 18.2 Å². The predicted molar refractivity (Wildman–Crippen MR) is 85.4 cm³/mol. The molecule has 1 aromatic carbocycles. The summed E-state index contributed by atoms with van der Waals surface area (Å²) in [5.74, 6) is -1.55. The fourth-order valence-corrected chi connectivity index (χ4v) is 4.09. The van der Waals surface area contributed by atoms with Gasteiger partial charge in [-0.15, -0.1) is 0 Å². The lowest BCUT2D eigenvalue weighted by atomic mass is 9.83. The van der Waals surface area contributed by atoms with Gasteiger partial charge < -0.3 is 4.90 Å². The van der Waals surface area contributed by atoms with E-state index in [1.807, 2.05) is 0 Å². The van der Waals surface area contributed by atoms with E-state index in [1.54, 1.807) is 11.9 Å². The highest BCUT2D eigenvalue weighted by Gasteiger charge is 2.41. The molecule has 0 radical (unpaired) electrons. The predicted octanol–water partition coefficient (Wildman–Crippen LogP) is 5.72. The molecule has 2 rings (SSSR count). The van der Waals surface area contributed by atoms with Crippen LogP contribution in [0.1, 0.15) is 32.1 Å². The zero-order valence-corrected chi connectivity index (χ0v) is 14.0. The monoisotopic (exact) mass is 355 g/mol. The molecule has 1 aromatic rings. The summed E-state index contributed by atoms with van der Waals surface area (Å²) >= 11 is 18.5. The molecule has 1 saturated carbocycles. The minimum absolute atomic E-state index is 0.226. The van der Waals surface area contributed by atoms with E-state index < -0.39 is 15.4 Å². The topological polar surface area (TPSA) is 3.24 Å². The molecule has 21 heavy (non-hydrogen) atoms. The third-order valence-corrected chi connectivity index (χ3v) is 4.83. The van der Waals surface area contributed by atoms with Gasteiger partial charge in [0.1, 0.15) is 0 Å². The van der Waals surface area contributed by atoms with Gasteiger partial charge in [0.2, 0.25) is 3.79 Å². The van der Waals surface area contributed by atoms with Crippen molar-refractivity contribution in [1.29, 1.82) is 0 Å². The average Bonchev–Trinajstić information content (AvgIpc) is 2.41. The number of benzene rings is 1. The number of alkyl halides is 3. The summed E-state index contributed by atoms with van der Waals surface area (Å²) < 4.78 is 25.0. The number of halogens is 5. The fourth-order valence-electron chi connectivity index (χ4n) is 3.12. The number of rotatable bonds is 3. The normalized spacial score (nSPS) is 18.6. The second-order valence-electron chi connectivity index (χ2n) is 5.59. The SMILES string of the molecule is CN(c1ccc(F)c(F)c1)C(C1CCCCC1)C(Cl)(Cl)Cl. The molecule has 1 nitrogen and oxygen atoms in total.